The zero-order valence-electron chi connectivity index (χ0n) is 13.0. The lowest BCUT2D eigenvalue weighted by Gasteiger charge is -2.11. The van der Waals surface area contributed by atoms with Gasteiger partial charge in [0.25, 0.3) is 0 Å². The van der Waals surface area contributed by atoms with Gasteiger partial charge in [0.05, 0.1) is 0 Å². The molecular weight excluding hydrogens is 341 g/mol. The first-order chi connectivity index (χ1) is 12.0. The summed E-state index contributed by atoms with van der Waals surface area (Å²) in [6.07, 6.45) is 0. The van der Waals surface area contributed by atoms with Crippen molar-refractivity contribution >= 4 is 39.2 Å². The lowest BCUT2D eigenvalue weighted by Crippen LogP contribution is -2.09. The van der Waals surface area contributed by atoms with Gasteiger partial charge in [-0.05, 0) is 52.7 Å². The standard InChI is InChI=1S/C20H13ClFNO2/c21-15-5-7-18-14(8-15)9-19(20(24)25)23(18)11-13-3-1-2-12-4-6-16(22)10-17(12)13/h1-10H,11H2,(H,24,25). The van der Waals surface area contributed by atoms with Crippen molar-refractivity contribution in [2.45, 2.75) is 6.54 Å². The summed E-state index contributed by atoms with van der Waals surface area (Å²) in [5.74, 6) is -1.33. The number of hydrogen-bond acceptors (Lipinski definition) is 1. The van der Waals surface area contributed by atoms with E-state index in [0.717, 1.165) is 27.2 Å². The topological polar surface area (TPSA) is 42.2 Å². The van der Waals surface area contributed by atoms with Crippen LogP contribution in [-0.2, 0) is 6.54 Å². The highest BCUT2D eigenvalue weighted by molar-refractivity contribution is 6.31. The van der Waals surface area contributed by atoms with Crippen LogP contribution in [0.5, 0.6) is 0 Å². The van der Waals surface area contributed by atoms with E-state index < -0.39 is 5.97 Å². The second kappa shape index (κ2) is 5.90. The number of hydrogen-bond donors (Lipinski definition) is 1. The van der Waals surface area contributed by atoms with Crippen LogP contribution in [0.3, 0.4) is 0 Å². The van der Waals surface area contributed by atoms with Crippen LogP contribution in [0.15, 0.2) is 60.7 Å². The van der Waals surface area contributed by atoms with Crippen molar-refractivity contribution in [3.63, 3.8) is 0 Å². The number of fused-ring (bicyclic) bond motifs is 2. The third-order valence-electron chi connectivity index (χ3n) is 4.35. The number of carbonyl (C=O) groups is 1. The van der Waals surface area contributed by atoms with E-state index in [4.69, 9.17) is 11.6 Å². The molecule has 3 nitrogen and oxygen atoms in total. The van der Waals surface area contributed by atoms with E-state index in [9.17, 15) is 14.3 Å². The zero-order valence-corrected chi connectivity index (χ0v) is 13.8. The van der Waals surface area contributed by atoms with Crippen LogP contribution in [0.25, 0.3) is 21.7 Å². The highest BCUT2D eigenvalue weighted by Gasteiger charge is 2.16. The largest absolute Gasteiger partial charge is 0.477 e. The Morgan fingerprint density at radius 1 is 1.04 bits per heavy atom. The molecule has 0 unspecified atom stereocenters. The molecule has 3 aromatic carbocycles. The third-order valence-corrected chi connectivity index (χ3v) is 4.58. The first-order valence-electron chi connectivity index (χ1n) is 7.72. The number of nitrogens with zero attached hydrogens (tertiary/aromatic N) is 1. The van der Waals surface area contributed by atoms with Crippen LogP contribution in [0, 0.1) is 5.82 Å². The summed E-state index contributed by atoms with van der Waals surface area (Å²) < 4.78 is 15.4. The molecule has 0 aliphatic carbocycles. The molecule has 0 amide bonds. The molecule has 0 bridgehead atoms. The molecule has 1 aromatic heterocycles. The first-order valence-corrected chi connectivity index (χ1v) is 8.10. The fourth-order valence-electron chi connectivity index (χ4n) is 3.21. The maximum absolute atomic E-state index is 13.7. The van der Waals surface area contributed by atoms with Gasteiger partial charge in [-0.2, -0.15) is 0 Å². The van der Waals surface area contributed by atoms with Crippen LogP contribution in [0.2, 0.25) is 5.02 Å². The Morgan fingerprint density at radius 2 is 1.88 bits per heavy atom. The predicted octanol–water partition coefficient (Wildman–Crippen LogP) is 5.33. The van der Waals surface area contributed by atoms with Crippen LogP contribution >= 0.6 is 11.6 Å². The first kappa shape index (κ1) is 15.7. The molecule has 5 heteroatoms. The quantitative estimate of drug-likeness (QED) is 0.540. The maximum Gasteiger partial charge on any atom is 0.352 e. The van der Waals surface area contributed by atoms with E-state index >= 15 is 0 Å². The van der Waals surface area contributed by atoms with Gasteiger partial charge in [0.2, 0.25) is 0 Å². The lowest BCUT2D eigenvalue weighted by atomic mass is 10.0. The molecule has 0 fully saturated rings. The molecule has 4 rings (SSSR count). The summed E-state index contributed by atoms with van der Waals surface area (Å²) in [7, 11) is 0. The van der Waals surface area contributed by atoms with Gasteiger partial charge in [0.15, 0.2) is 0 Å². The Balaban J connectivity index is 1.93. The number of aromatic nitrogens is 1. The van der Waals surface area contributed by atoms with E-state index in [1.54, 1.807) is 34.9 Å². The van der Waals surface area contributed by atoms with Crippen molar-refractivity contribution in [3.8, 4) is 0 Å². The highest BCUT2D eigenvalue weighted by atomic mass is 35.5. The number of halogens is 2. The second-order valence-corrected chi connectivity index (χ2v) is 6.34. The molecule has 4 aromatic rings. The summed E-state index contributed by atoms with van der Waals surface area (Å²) in [6, 6.07) is 17.2. The summed E-state index contributed by atoms with van der Waals surface area (Å²) in [6.45, 7) is 0.327. The van der Waals surface area contributed by atoms with Gasteiger partial charge >= 0.3 is 5.97 Å². The number of benzene rings is 3. The summed E-state index contributed by atoms with van der Waals surface area (Å²) in [5.41, 5.74) is 1.80. The van der Waals surface area contributed by atoms with Gasteiger partial charge < -0.3 is 9.67 Å². The SMILES string of the molecule is O=C(O)c1cc2cc(Cl)ccc2n1Cc1cccc2ccc(F)cc12. The van der Waals surface area contributed by atoms with Gasteiger partial charge in [-0.25, -0.2) is 9.18 Å². The Bertz CT molecular complexity index is 1130. The number of carboxylic acid groups (broad SMARTS) is 1. The average Bonchev–Trinajstić information content (AvgIpc) is 2.93. The predicted molar refractivity (Wildman–Crippen MR) is 96.9 cm³/mol. The Labute approximate surface area is 147 Å². The molecule has 0 aliphatic heterocycles. The minimum atomic E-state index is -1.02. The monoisotopic (exact) mass is 353 g/mol. The Kier molecular flexibility index (Phi) is 3.70. The van der Waals surface area contributed by atoms with E-state index in [0.29, 0.717) is 11.6 Å². The number of aromatic carboxylic acids is 1. The minimum absolute atomic E-state index is 0.172. The smallest absolute Gasteiger partial charge is 0.352 e. The van der Waals surface area contributed by atoms with Gasteiger partial charge in [0, 0.05) is 22.5 Å². The molecule has 0 atom stereocenters. The molecule has 0 saturated carbocycles. The van der Waals surface area contributed by atoms with Crippen molar-refractivity contribution in [2.24, 2.45) is 0 Å². The van der Waals surface area contributed by atoms with Gasteiger partial charge in [-0.3, -0.25) is 0 Å². The number of carboxylic acids is 1. The zero-order chi connectivity index (χ0) is 17.6. The normalized spacial score (nSPS) is 11.3. The molecule has 0 aliphatic rings. The highest BCUT2D eigenvalue weighted by Crippen LogP contribution is 2.27. The van der Waals surface area contributed by atoms with Crippen molar-refractivity contribution in [2.75, 3.05) is 0 Å². The molecule has 0 saturated heterocycles. The molecular formula is C20H13ClFNO2. The summed E-state index contributed by atoms with van der Waals surface area (Å²) in [5, 5.41) is 12.6. The van der Waals surface area contributed by atoms with E-state index in [1.165, 1.54) is 12.1 Å². The third kappa shape index (κ3) is 2.75. The Morgan fingerprint density at radius 3 is 2.68 bits per heavy atom. The minimum Gasteiger partial charge on any atom is -0.477 e. The molecule has 0 spiro atoms. The van der Waals surface area contributed by atoms with Crippen LogP contribution in [-0.4, -0.2) is 15.6 Å². The molecule has 25 heavy (non-hydrogen) atoms. The van der Waals surface area contributed by atoms with Gasteiger partial charge in [-0.1, -0.05) is 35.9 Å². The molecule has 124 valence electrons. The van der Waals surface area contributed by atoms with Crippen molar-refractivity contribution < 1.29 is 14.3 Å². The van der Waals surface area contributed by atoms with E-state index in [-0.39, 0.29) is 11.5 Å². The van der Waals surface area contributed by atoms with Gasteiger partial charge in [0.1, 0.15) is 11.5 Å². The maximum atomic E-state index is 13.7. The summed E-state index contributed by atoms with van der Waals surface area (Å²) in [4.78, 5) is 11.7. The van der Waals surface area contributed by atoms with Crippen LogP contribution in [0.4, 0.5) is 4.39 Å². The van der Waals surface area contributed by atoms with E-state index in [2.05, 4.69) is 0 Å². The second-order valence-electron chi connectivity index (χ2n) is 5.91. The average molecular weight is 354 g/mol. The van der Waals surface area contributed by atoms with Crippen molar-refractivity contribution in [1.29, 1.82) is 0 Å². The number of rotatable bonds is 3. The molecule has 1 heterocycles. The Hall–Kier alpha value is -2.85. The fourth-order valence-corrected chi connectivity index (χ4v) is 3.39. The van der Waals surface area contributed by atoms with E-state index in [1.807, 2.05) is 18.2 Å². The fraction of sp³-hybridized carbons (Fsp3) is 0.0500. The van der Waals surface area contributed by atoms with Gasteiger partial charge in [-0.15, -0.1) is 0 Å². The molecule has 1 N–H and O–H groups in total. The van der Waals surface area contributed by atoms with Crippen LogP contribution < -0.4 is 0 Å². The summed E-state index contributed by atoms with van der Waals surface area (Å²) >= 11 is 6.02. The van der Waals surface area contributed by atoms with Crippen LogP contribution in [0.1, 0.15) is 16.1 Å². The lowest BCUT2D eigenvalue weighted by molar-refractivity contribution is 0.0686. The van der Waals surface area contributed by atoms with Crippen molar-refractivity contribution in [1.82, 2.24) is 4.57 Å². The van der Waals surface area contributed by atoms with Crippen molar-refractivity contribution in [3.05, 3.63) is 82.8 Å². The molecule has 0 radical (unpaired) electrons.